The molecule has 94 heavy (non-hydrogen) atoms. The zero-order chi connectivity index (χ0) is 65.0. The Kier molecular flexibility index (Phi) is 37.5. The number of rotatable bonds is 33. The molecular weight excluding hydrogens is 1350 g/mol. The summed E-state index contributed by atoms with van der Waals surface area (Å²) in [5.74, 6) is -3.67. The predicted octanol–water partition coefficient (Wildman–Crippen LogP) is -7.58. The maximum absolute atomic E-state index is 16.7. The minimum atomic E-state index is -4.93. The van der Waals surface area contributed by atoms with Gasteiger partial charge in [-0.25, -0.2) is 38.1 Å². The maximum atomic E-state index is 16.7. The van der Waals surface area contributed by atoms with Crippen LogP contribution in [-0.4, -0.2) is 164 Å². The number of benzene rings is 4. The van der Waals surface area contributed by atoms with Gasteiger partial charge in [0.2, 0.25) is 5.91 Å². The third-order valence-corrected chi connectivity index (χ3v) is 18.9. The average Bonchev–Trinajstić information content (AvgIpc) is 1.64. The molecule has 0 radical (unpaired) electrons. The number of hydrogen-bond donors (Lipinski definition) is 1. The largest absolute Gasteiger partial charge is 1.00 e. The van der Waals surface area contributed by atoms with Gasteiger partial charge < -0.3 is 54.5 Å². The smallest absolute Gasteiger partial charge is 0.752 e. The summed E-state index contributed by atoms with van der Waals surface area (Å²) >= 11 is 0. The van der Waals surface area contributed by atoms with Crippen LogP contribution in [0.25, 0.3) is 26.8 Å². The third-order valence-electron chi connectivity index (χ3n) is 15.7. The molecule has 1 amide bonds. The zero-order valence-corrected chi connectivity index (χ0v) is 68.3. The molecule has 2 aliphatic heterocycles. The van der Waals surface area contributed by atoms with Gasteiger partial charge in [0.25, 0.3) is 0 Å². The summed E-state index contributed by atoms with van der Waals surface area (Å²) in [7, 11) is -18.7. The fourth-order valence-electron chi connectivity index (χ4n) is 11.7. The second kappa shape index (κ2) is 39.7. The van der Waals surface area contributed by atoms with E-state index in [1.807, 2.05) is 56.6 Å². The number of carbonyl (C=O) groups is 1. The van der Waals surface area contributed by atoms with Gasteiger partial charge in [-0.3, -0.25) is 4.79 Å². The Labute approximate surface area is 662 Å². The Morgan fingerprint density at radius 2 is 1.40 bits per heavy atom. The number of hydrogen-bond acceptors (Lipinski definition) is 19. The number of allylic oxidation sites excluding steroid dienone is 8. The summed E-state index contributed by atoms with van der Waals surface area (Å²) in [6.07, 6.45) is 7.79. The summed E-state index contributed by atoms with van der Waals surface area (Å²) in [6.45, 7) is 14.2. The van der Waals surface area contributed by atoms with E-state index in [9.17, 15) is 56.7 Å². The van der Waals surface area contributed by atoms with Crippen LogP contribution in [0.3, 0.4) is 0 Å². The molecule has 4 aromatic carbocycles. The Bertz CT molecular complexity index is 3950. The number of halogens is 1. The molecule has 484 valence electrons. The van der Waals surface area contributed by atoms with Crippen LogP contribution in [0.15, 0.2) is 118 Å². The van der Waals surface area contributed by atoms with Crippen molar-refractivity contribution in [3.05, 3.63) is 154 Å². The molecule has 0 spiro atoms. The molecule has 0 aromatic heterocycles. The van der Waals surface area contributed by atoms with E-state index in [2.05, 4.69) is 33.2 Å². The number of nitrogens with one attached hydrogen (secondary N) is 1. The molecule has 0 bridgehead atoms. The van der Waals surface area contributed by atoms with Crippen LogP contribution in [-0.2, 0) is 70.3 Å². The molecule has 1 atom stereocenters. The number of anilines is 2. The van der Waals surface area contributed by atoms with Crippen LogP contribution in [0.2, 0.25) is 0 Å². The van der Waals surface area contributed by atoms with Gasteiger partial charge in [0, 0.05) is 100 Å². The van der Waals surface area contributed by atoms with Crippen molar-refractivity contribution in [2.45, 2.75) is 81.9 Å². The normalized spacial score (nSPS) is 16.7. The Balaban J connectivity index is 0.00000602. The Hall–Kier alpha value is -1.40. The first kappa shape index (κ1) is 88.7. The molecule has 0 fully saturated rings. The van der Waals surface area contributed by atoms with Gasteiger partial charge in [0.1, 0.15) is 12.4 Å². The number of azide groups is 1. The first-order valence-corrected chi connectivity index (χ1v) is 35.1. The molecule has 3 aliphatic rings. The molecule has 33 heteroatoms. The number of fused-ring (bicyclic) bond motifs is 4. The second-order valence-corrected chi connectivity index (χ2v) is 28.6. The van der Waals surface area contributed by atoms with Gasteiger partial charge in [0.15, 0.2) is 11.4 Å². The maximum Gasteiger partial charge on any atom is 1.00 e. The minimum Gasteiger partial charge on any atom is -0.752 e. The fraction of sp³-hybridized carbons (Fsp3) is 0.459. The molecular formula is C61H73FN7Na5O16S4. The van der Waals surface area contributed by atoms with Crippen molar-refractivity contribution in [1.82, 2.24) is 5.32 Å². The van der Waals surface area contributed by atoms with Gasteiger partial charge in [-0.1, -0.05) is 54.7 Å². The molecule has 4 aromatic rings. The van der Waals surface area contributed by atoms with Crippen LogP contribution in [0.1, 0.15) is 82.9 Å². The third kappa shape index (κ3) is 24.7. The monoisotopic (exact) mass is 1420 g/mol. The number of amides is 1. The summed E-state index contributed by atoms with van der Waals surface area (Å²) in [4.78, 5) is 20.6. The molecule has 1 aliphatic carbocycles. The summed E-state index contributed by atoms with van der Waals surface area (Å²) in [5.41, 5.74) is 13.1. The summed E-state index contributed by atoms with van der Waals surface area (Å²) in [6, 6.07) is 20.6. The van der Waals surface area contributed by atoms with E-state index >= 15 is 4.39 Å². The van der Waals surface area contributed by atoms with Gasteiger partial charge in [0.05, 0.1) is 85.5 Å². The SMILES string of the molecule is [CH2-]CCN1/C(=C/C=C2\CC(C(=O)NCCOCCOCCOCCN=[N+]=[N-])CC(/C=C/C3=[N+](CCCS(=O)(=O)[O-])c4ccc5[c-]cc(S(=O)(=O)[O-])cc5c4C3(C)C)=C2c2ccccc2F)C(C)(C)c2cc(N(CCCS(=O)(=O)[O-])CCCS(=O)(=O)[O-])ccc21.[Na+].[Na+].[Na+].[Na+].[Na+]. The van der Waals surface area contributed by atoms with E-state index in [4.69, 9.17) is 19.7 Å². The van der Waals surface area contributed by atoms with Crippen LogP contribution < -0.4 is 163 Å². The van der Waals surface area contributed by atoms with Crippen LogP contribution >= 0.6 is 0 Å². The number of ether oxygens (including phenoxy) is 3. The zero-order valence-electron chi connectivity index (χ0n) is 55.0. The van der Waals surface area contributed by atoms with E-state index in [-0.39, 0.29) is 264 Å². The van der Waals surface area contributed by atoms with E-state index in [1.54, 1.807) is 53.5 Å². The van der Waals surface area contributed by atoms with E-state index in [0.717, 1.165) is 23.0 Å². The first-order valence-electron chi connectivity index (χ1n) is 28.9. The molecule has 7 rings (SSSR count). The van der Waals surface area contributed by atoms with E-state index in [0.29, 0.717) is 63.1 Å². The molecule has 23 nitrogen and oxygen atoms in total. The van der Waals surface area contributed by atoms with Crippen molar-refractivity contribution in [2.75, 3.05) is 106 Å². The van der Waals surface area contributed by atoms with Gasteiger partial charge in [-0.05, 0) is 115 Å². The summed E-state index contributed by atoms with van der Waals surface area (Å²) < 4.78 is 178. The van der Waals surface area contributed by atoms with Crippen molar-refractivity contribution >= 4 is 85.5 Å². The van der Waals surface area contributed by atoms with E-state index in [1.165, 1.54) is 12.1 Å². The standard InChI is InChI=1S/C61H77FN7O16S4.5Na/c1-6-26-68-53-21-18-47(67(27-9-36-86(71,72)73)28-10-37-87(74,75)76)41-51(53)60(2,3)55(68)22-16-44-39-46(59(70)64-24-30-83-32-34-85-35-33-84-31-25-65-66-63)40-45(57(44)49-12-7-8-13-52(49)62)17-23-56-61(4,5)58-50-42-48(89(80,81)82)19-14-43(50)15-20-54(58)69(56)29-11-38-88(77,78)79;;;;;/h7-8,12-13,15-23,41-42,46H,1,6,9-11,24-40H2,2-5H3,(H,64,70)(H,71,72,73)(H,74,75,76)(H,77,78,79)(H,80,81,82);;;;;/q-1;5*+1/p-4. The van der Waals surface area contributed by atoms with Gasteiger partial charge >= 0.3 is 148 Å². The topological polar surface area (TPSA) is 344 Å². The molecule has 1 unspecified atom stereocenters. The molecule has 0 saturated heterocycles. The van der Waals surface area contributed by atoms with Crippen molar-refractivity contribution in [2.24, 2.45) is 11.0 Å². The molecule has 1 N–H and O–H groups in total. The number of nitrogens with zero attached hydrogens (tertiary/aromatic N) is 6. The summed E-state index contributed by atoms with van der Waals surface area (Å²) in [5, 5.41) is 7.31. The predicted molar refractivity (Wildman–Crippen MR) is 331 cm³/mol. The first-order chi connectivity index (χ1) is 41.9. The molecule has 2 heterocycles. The van der Waals surface area contributed by atoms with Gasteiger partial charge in [-0.15, -0.1) is 29.7 Å². The fourth-order valence-corrected chi connectivity index (χ4v) is 13.6. The Morgan fingerprint density at radius 1 is 0.798 bits per heavy atom. The second-order valence-electron chi connectivity index (χ2n) is 22.7. The van der Waals surface area contributed by atoms with Crippen LogP contribution in [0, 0.1) is 24.7 Å². The molecule has 0 saturated carbocycles. The van der Waals surface area contributed by atoms with Crippen molar-refractivity contribution in [3.8, 4) is 0 Å². The van der Waals surface area contributed by atoms with Crippen LogP contribution in [0.5, 0.6) is 0 Å². The van der Waals surface area contributed by atoms with Crippen LogP contribution in [0.4, 0.5) is 21.5 Å². The van der Waals surface area contributed by atoms with Crippen molar-refractivity contribution in [3.63, 3.8) is 0 Å². The average molecular weight is 1420 g/mol. The quantitative estimate of drug-likeness (QED) is 0.00677. The number of carbonyl (C=O) groups excluding carboxylic acids is 1. The van der Waals surface area contributed by atoms with E-state index < -0.39 is 85.2 Å². The van der Waals surface area contributed by atoms with Crippen molar-refractivity contribution < 1.29 is 228 Å². The Morgan fingerprint density at radius 3 is 2.00 bits per heavy atom. The minimum absolute atomic E-state index is 0. The van der Waals surface area contributed by atoms with Crippen molar-refractivity contribution in [1.29, 1.82) is 0 Å². The van der Waals surface area contributed by atoms with Gasteiger partial charge in [-0.2, -0.15) is 11.0 Å².